The fourth-order valence-electron chi connectivity index (χ4n) is 2.13. The second-order valence-electron chi connectivity index (χ2n) is 4.60. The predicted octanol–water partition coefficient (Wildman–Crippen LogP) is 1.35. The van der Waals surface area contributed by atoms with Crippen LogP contribution in [0.5, 0.6) is 0 Å². The normalized spacial score (nSPS) is 24.8. The minimum atomic E-state index is -0.417. The molecule has 1 heterocycles. The quantitative estimate of drug-likeness (QED) is 0.789. The third-order valence-electron chi connectivity index (χ3n) is 3.15. The van der Waals surface area contributed by atoms with Gasteiger partial charge in [0.2, 0.25) is 5.91 Å². The Morgan fingerprint density at radius 3 is 2.89 bits per heavy atom. The first-order valence-electron chi connectivity index (χ1n) is 6.04. The maximum Gasteiger partial charge on any atom is 0.237 e. The summed E-state index contributed by atoms with van der Waals surface area (Å²) in [5, 5.41) is 15.4. The summed E-state index contributed by atoms with van der Waals surface area (Å²) in [4.78, 5) is 12.0. The van der Waals surface area contributed by atoms with Gasteiger partial charge in [-0.15, -0.1) is 0 Å². The monoisotopic (exact) mass is 312 g/mol. The Morgan fingerprint density at radius 1 is 1.56 bits per heavy atom. The zero-order chi connectivity index (χ0) is 13.1. The molecule has 2 rings (SSSR count). The maximum atomic E-state index is 12.0. The number of hydrogen-bond acceptors (Lipinski definition) is 3. The summed E-state index contributed by atoms with van der Waals surface area (Å²) in [6, 6.07) is 7.47. The number of aliphatic hydroxyl groups is 1. The van der Waals surface area contributed by atoms with Crippen LogP contribution in [-0.2, 0) is 4.79 Å². The number of carbonyl (C=O) groups excluding carboxylic acids is 1. The lowest BCUT2D eigenvalue weighted by Gasteiger charge is -2.18. The van der Waals surface area contributed by atoms with Crippen LogP contribution in [-0.4, -0.2) is 29.7 Å². The molecule has 3 N–H and O–H groups in total. The molecule has 1 aliphatic rings. The molecule has 1 aliphatic heterocycles. The molecule has 0 saturated carbocycles. The van der Waals surface area contributed by atoms with Gasteiger partial charge in [0.25, 0.3) is 0 Å². The highest BCUT2D eigenvalue weighted by atomic mass is 79.9. The smallest absolute Gasteiger partial charge is 0.237 e. The molecular formula is C13H17BrN2O2. The van der Waals surface area contributed by atoms with Gasteiger partial charge in [0.1, 0.15) is 0 Å². The fraction of sp³-hybridized carbons (Fsp3) is 0.462. The number of hydrogen-bond donors (Lipinski definition) is 3. The van der Waals surface area contributed by atoms with Crippen molar-refractivity contribution < 1.29 is 9.90 Å². The average molecular weight is 313 g/mol. The van der Waals surface area contributed by atoms with E-state index >= 15 is 0 Å². The van der Waals surface area contributed by atoms with E-state index < -0.39 is 6.10 Å². The van der Waals surface area contributed by atoms with Gasteiger partial charge in [-0.2, -0.15) is 0 Å². The first-order valence-corrected chi connectivity index (χ1v) is 6.83. The van der Waals surface area contributed by atoms with E-state index in [1.165, 1.54) is 0 Å². The Bertz CT molecular complexity index is 439. The molecule has 0 bridgehead atoms. The summed E-state index contributed by atoms with van der Waals surface area (Å²) in [6.45, 7) is 2.44. The summed E-state index contributed by atoms with van der Waals surface area (Å²) in [5.41, 5.74) is 1.05. The van der Waals surface area contributed by atoms with Crippen molar-refractivity contribution >= 4 is 21.8 Å². The van der Waals surface area contributed by atoms with Gasteiger partial charge >= 0.3 is 0 Å². The highest BCUT2D eigenvalue weighted by molar-refractivity contribution is 9.10. The molecule has 0 aromatic heterocycles. The summed E-state index contributed by atoms with van der Waals surface area (Å²) < 4.78 is 0.984. The molecule has 1 fully saturated rings. The molecule has 1 amide bonds. The third kappa shape index (κ3) is 3.10. The van der Waals surface area contributed by atoms with E-state index in [-0.39, 0.29) is 18.0 Å². The standard InChI is InChI=1S/C13H17BrN2O2/c1-8(10-4-2-3-5-11(10)14)16-13(18)12-6-9(17)7-15-12/h2-5,8-9,12,15,17H,6-7H2,1H3,(H,16,18)/t8-,9?,12?/m1/s1. The molecule has 1 aromatic carbocycles. The van der Waals surface area contributed by atoms with Gasteiger partial charge < -0.3 is 15.7 Å². The van der Waals surface area contributed by atoms with Crippen LogP contribution >= 0.6 is 15.9 Å². The third-order valence-corrected chi connectivity index (χ3v) is 3.88. The Morgan fingerprint density at radius 2 is 2.28 bits per heavy atom. The van der Waals surface area contributed by atoms with Crippen LogP contribution in [0.4, 0.5) is 0 Å². The summed E-state index contributed by atoms with van der Waals surface area (Å²) in [5.74, 6) is -0.0604. The van der Waals surface area contributed by atoms with Crippen LogP contribution in [0, 0.1) is 0 Å². The van der Waals surface area contributed by atoms with Crippen molar-refractivity contribution in [1.82, 2.24) is 10.6 Å². The number of aliphatic hydroxyl groups excluding tert-OH is 1. The molecule has 1 aromatic rings. The number of rotatable bonds is 3. The second kappa shape index (κ2) is 5.82. The van der Waals surface area contributed by atoms with Crippen LogP contribution in [0.1, 0.15) is 24.9 Å². The van der Waals surface area contributed by atoms with E-state index in [9.17, 15) is 9.90 Å². The lowest BCUT2D eigenvalue weighted by Crippen LogP contribution is -2.41. The average Bonchev–Trinajstić information content (AvgIpc) is 2.76. The van der Waals surface area contributed by atoms with Gasteiger partial charge in [-0.1, -0.05) is 34.1 Å². The molecule has 18 heavy (non-hydrogen) atoms. The summed E-state index contributed by atoms with van der Waals surface area (Å²) in [7, 11) is 0. The Kier molecular flexibility index (Phi) is 4.37. The highest BCUT2D eigenvalue weighted by Gasteiger charge is 2.28. The van der Waals surface area contributed by atoms with Crippen molar-refractivity contribution in [3.8, 4) is 0 Å². The molecule has 0 radical (unpaired) electrons. The van der Waals surface area contributed by atoms with E-state index in [0.717, 1.165) is 10.0 Å². The Hall–Kier alpha value is -0.910. The lowest BCUT2D eigenvalue weighted by atomic mass is 10.1. The van der Waals surface area contributed by atoms with Crippen LogP contribution in [0.25, 0.3) is 0 Å². The van der Waals surface area contributed by atoms with Gasteiger partial charge in [-0.05, 0) is 25.0 Å². The van der Waals surface area contributed by atoms with E-state index in [0.29, 0.717) is 13.0 Å². The Labute approximate surface area is 115 Å². The van der Waals surface area contributed by atoms with Gasteiger partial charge in [0, 0.05) is 11.0 Å². The van der Waals surface area contributed by atoms with Crippen LogP contribution < -0.4 is 10.6 Å². The highest BCUT2D eigenvalue weighted by Crippen LogP contribution is 2.23. The van der Waals surface area contributed by atoms with Gasteiger partial charge in [-0.3, -0.25) is 4.79 Å². The SMILES string of the molecule is C[C@@H](NC(=O)C1CC(O)CN1)c1ccccc1Br. The van der Waals surface area contributed by atoms with Crippen molar-refractivity contribution in [2.75, 3.05) is 6.54 Å². The summed E-state index contributed by atoms with van der Waals surface area (Å²) in [6.07, 6.45) is 0.0636. The topological polar surface area (TPSA) is 61.4 Å². The number of benzene rings is 1. The van der Waals surface area contributed by atoms with Crippen LogP contribution in [0.2, 0.25) is 0 Å². The first kappa shape index (κ1) is 13.5. The van der Waals surface area contributed by atoms with E-state index in [1.54, 1.807) is 0 Å². The molecule has 5 heteroatoms. The molecule has 98 valence electrons. The molecule has 0 spiro atoms. The van der Waals surface area contributed by atoms with Crippen molar-refractivity contribution in [2.45, 2.75) is 31.5 Å². The number of halogens is 1. The molecule has 0 aliphatic carbocycles. The molecule has 1 saturated heterocycles. The fourth-order valence-corrected chi connectivity index (χ4v) is 2.76. The van der Waals surface area contributed by atoms with Gasteiger partial charge in [0.15, 0.2) is 0 Å². The van der Waals surface area contributed by atoms with Crippen molar-refractivity contribution in [1.29, 1.82) is 0 Å². The van der Waals surface area contributed by atoms with Crippen molar-refractivity contribution in [3.63, 3.8) is 0 Å². The first-order chi connectivity index (χ1) is 8.58. The van der Waals surface area contributed by atoms with Gasteiger partial charge in [-0.25, -0.2) is 0 Å². The largest absolute Gasteiger partial charge is 0.392 e. The second-order valence-corrected chi connectivity index (χ2v) is 5.46. The Balaban J connectivity index is 1.97. The number of amides is 1. The molecule has 3 atom stereocenters. The van der Waals surface area contributed by atoms with Crippen LogP contribution in [0.15, 0.2) is 28.7 Å². The lowest BCUT2D eigenvalue weighted by molar-refractivity contribution is -0.123. The zero-order valence-corrected chi connectivity index (χ0v) is 11.8. The number of nitrogens with one attached hydrogen (secondary N) is 2. The van der Waals surface area contributed by atoms with Crippen LogP contribution in [0.3, 0.4) is 0 Å². The van der Waals surface area contributed by atoms with Gasteiger partial charge in [0.05, 0.1) is 18.2 Å². The van der Waals surface area contributed by atoms with Crippen molar-refractivity contribution in [3.05, 3.63) is 34.3 Å². The van der Waals surface area contributed by atoms with E-state index in [4.69, 9.17) is 0 Å². The zero-order valence-electron chi connectivity index (χ0n) is 10.2. The minimum absolute atomic E-state index is 0.0604. The minimum Gasteiger partial charge on any atom is -0.392 e. The molecule has 4 nitrogen and oxygen atoms in total. The predicted molar refractivity (Wildman–Crippen MR) is 73.1 cm³/mol. The number of carbonyl (C=O) groups is 1. The van der Waals surface area contributed by atoms with Crippen molar-refractivity contribution in [2.24, 2.45) is 0 Å². The molecule has 2 unspecified atom stereocenters. The number of β-amino-alcohol motifs (C(OH)–C–C–N with tert-alkyl or cyclic N) is 1. The molecular weight excluding hydrogens is 296 g/mol. The maximum absolute atomic E-state index is 12.0. The van der Waals surface area contributed by atoms with E-state index in [1.807, 2.05) is 31.2 Å². The van der Waals surface area contributed by atoms with E-state index in [2.05, 4.69) is 26.6 Å². The summed E-state index contributed by atoms with van der Waals surface area (Å²) >= 11 is 3.47.